The van der Waals surface area contributed by atoms with E-state index < -0.39 is 5.54 Å². The van der Waals surface area contributed by atoms with E-state index in [1.165, 1.54) is 0 Å². The van der Waals surface area contributed by atoms with Gasteiger partial charge in [0, 0.05) is 6.07 Å². The molecular weight excluding hydrogens is 320 g/mol. The molecule has 0 heterocycles. The number of carbonyl (C=O) groups is 1. The topological polar surface area (TPSA) is 68.8 Å². The number of hydrogen-bond acceptors (Lipinski definition) is 4. The number of nitrogens with one attached hydrogen (secondary N) is 2. The summed E-state index contributed by atoms with van der Waals surface area (Å²) in [6.45, 7) is 3.86. The van der Waals surface area contributed by atoms with Crippen LogP contribution in [-0.4, -0.2) is 27.4 Å². The molecule has 0 aromatic heterocycles. The van der Waals surface area contributed by atoms with Gasteiger partial charge in [-0.2, -0.15) is 0 Å². The van der Waals surface area contributed by atoms with Gasteiger partial charge in [0.15, 0.2) is 0 Å². The summed E-state index contributed by atoms with van der Waals surface area (Å²) in [6, 6.07) is 12.4. The average Bonchev–Trinajstić information content (AvgIpc) is 2.61. The van der Waals surface area contributed by atoms with E-state index in [1.807, 2.05) is 38.1 Å². The smallest absolute Gasteiger partial charge is 0.320 e. The predicted octanol–water partition coefficient (Wildman–Crippen LogP) is 3.77. The number of urea groups is 1. The van der Waals surface area contributed by atoms with Crippen LogP contribution in [0.15, 0.2) is 42.5 Å². The lowest BCUT2D eigenvalue weighted by Gasteiger charge is -2.27. The first-order valence-corrected chi connectivity index (χ1v) is 7.85. The minimum atomic E-state index is -0.559. The molecule has 0 aliphatic carbocycles. The fraction of sp³-hybridized carbons (Fsp3) is 0.316. The van der Waals surface area contributed by atoms with E-state index in [4.69, 9.17) is 14.2 Å². The molecular formula is C19H24N2O4. The normalized spacial score (nSPS) is 10.8. The van der Waals surface area contributed by atoms with Gasteiger partial charge in [-0.25, -0.2) is 4.79 Å². The second-order valence-corrected chi connectivity index (χ2v) is 6.00. The Bertz CT molecular complexity index is 727. The van der Waals surface area contributed by atoms with Gasteiger partial charge in [0.1, 0.15) is 17.2 Å². The summed E-state index contributed by atoms with van der Waals surface area (Å²) in [5, 5.41) is 5.77. The zero-order chi connectivity index (χ0) is 18.4. The van der Waals surface area contributed by atoms with Crippen LogP contribution in [0.4, 0.5) is 10.5 Å². The van der Waals surface area contributed by atoms with Crippen LogP contribution in [0.3, 0.4) is 0 Å². The summed E-state index contributed by atoms with van der Waals surface area (Å²) in [6.07, 6.45) is 0. The Balaban J connectivity index is 2.10. The van der Waals surface area contributed by atoms with Crippen LogP contribution >= 0.6 is 0 Å². The highest BCUT2D eigenvalue weighted by molar-refractivity contribution is 5.91. The SMILES string of the molecule is COc1ccc(C(C)(C)NC(=O)Nc2ccc(OC)cc2OC)cc1. The average molecular weight is 344 g/mol. The molecule has 0 unspecified atom stereocenters. The molecule has 0 fully saturated rings. The van der Waals surface area contributed by atoms with E-state index in [1.54, 1.807) is 39.5 Å². The Morgan fingerprint density at radius 2 is 1.48 bits per heavy atom. The van der Waals surface area contributed by atoms with Crippen molar-refractivity contribution in [3.05, 3.63) is 48.0 Å². The number of amides is 2. The fourth-order valence-corrected chi connectivity index (χ4v) is 2.42. The number of ether oxygens (including phenoxy) is 3. The molecule has 25 heavy (non-hydrogen) atoms. The largest absolute Gasteiger partial charge is 0.497 e. The lowest BCUT2D eigenvalue weighted by molar-refractivity contribution is 0.241. The number of hydrogen-bond donors (Lipinski definition) is 2. The monoisotopic (exact) mass is 344 g/mol. The van der Waals surface area contributed by atoms with Crippen LogP contribution in [0, 0.1) is 0 Å². The number of methoxy groups -OCH3 is 3. The van der Waals surface area contributed by atoms with Gasteiger partial charge in [0.25, 0.3) is 0 Å². The molecule has 134 valence electrons. The van der Waals surface area contributed by atoms with Gasteiger partial charge in [0.2, 0.25) is 0 Å². The molecule has 6 nitrogen and oxygen atoms in total. The van der Waals surface area contributed by atoms with Crippen LogP contribution in [-0.2, 0) is 5.54 Å². The third-order valence-electron chi connectivity index (χ3n) is 3.89. The lowest BCUT2D eigenvalue weighted by atomic mass is 9.94. The fourth-order valence-electron chi connectivity index (χ4n) is 2.42. The zero-order valence-corrected chi connectivity index (χ0v) is 15.2. The first kappa shape index (κ1) is 18.4. The van der Waals surface area contributed by atoms with Crippen molar-refractivity contribution in [3.8, 4) is 17.2 Å². The van der Waals surface area contributed by atoms with Crippen molar-refractivity contribution in [2.24, 2.45) is 0 Å². The van der Waals surface area contributed by atoms with Gasteiger partial charge in [-0.1, -0.05) is 12.1 Å². The summed E-state index contributed by atoms with van der Waals surface area (Å²) < 4.78 is 15.6. The van der Waals surface area contributed by atoms with Gasteiger partial charge in [-0.05, 0) is 43.7 Å². The molecule has 0 radical (unpaired) electrons. The van der Waals surface area contributed by atoms with E-state index in [2.05, 4.69) is 10.6 Å². The van der Waals surface area contributed by atoms with Gasteiger partial charge in [-0.15, -0.1) is 0 Å². The van der Waals surface area contributed by atoms with Crippen molar-refractivity contribution in [2.75, 3.05) is 26.6 Å². The molecule has 2 N–H and O–H groups in total. The second kappa shape index (κ2) is 7.79. The van der Waals surface area contributed by atoms with Gasteiger partial charge in [-0.3, -0.25) is 0 Å². The van der Waals surface area contributed by atoms with Crippen molar-refractivity contribution in [1.82, 2.24) is 5.32 Å². The van der Waals surface area contributed by atoms with Crippen molar-refractivity contribution in [3.63, 3.8) is 0 Å². The molecule has 0 saturated carbocycles. The Morgan fingerprint density at radius 1 is 0.880 bits per heavy atom. The molecule has 0 saturated heterocycles. The molecule has 0 bridgehead atoms. The summed E-state index contributed by atoms with van der Waals surface area (Å²) in [7, 11) is 4.74. The molecule has 0 aliphatic heterocycles. The van der Waals surface area contributed by atoms with E-state index in [-0.39, 0.29) is 6.03 Å². The van der Waals surface area contributed by atoms with Crippen molar-refractivity contribution in [2.45, 2.75) is 19.4 Å². The lowest BCUT2D eigenvalue weighted by Crippen LogP contribution is -2.43. The van der Waals surface area contributed by atoms with E-state index in [9.17, 15) is 4.79 Å². The summed E-state index contributed by atoms with van der Waals surface area (Å²) in [5.41, 5.74) is 0.965. The Hall–Kier alpha value is -2.89. The van der Waals surface area contributed by atoms with Crippen LogP contribution < -0.4 is 24.8 Å². The summed E-state index contributed by atoms with van der Waals surface area (Å²) >= 11 is 0. The van der Waals surface area contributed by atoms with Crippen LogP contribution in [0.1, 0.15) is 19.4 Å². The molecule has 6 heteroatoms. The Morgan fingerprint density at radius 3 is 2.04 bits per heavy atom. The molecule has 0 spiro atoms. The van der Waals surface area contributed by atoms with Crippen molar-refractivity contribution >= 4 is 11.7 Å². The summed E-state index contributed by atoms with van der Waals surface area (Å²) in [4.78, 5) is 12.4. The molecule has 2 rings (SSSR count). The molecule has 0 atom stereocenters. The highest BCUT2D eigenvalue weighted by Gasteiger charge is 2.23. The number of anilines is 1. The second-order valence-electron chi connectivity index (χ2n) is 6.00. The minimum absolute atomic E-state index is 0.329. The molecule has 2 aromatic rings. The highest BCUT2D eigenvalue weighted by Crippen LogP contribution is 2.29. The summed E-state index contributed by atoms with van der Waals surface area (Å²) in [5.74, 6) is 1.95. The maximum atomic E-state index is 12.4. The first-order valence-electron chi connectivity index (χ1n) is 7.85. The quantitative estimate of drug-likeness (QED) is 0.837. The Labute approximate surface area is 148 Å². The zero-order valence-electron chi connectivity index (χ0n) is 15.2. The maximum absolute atomic E-state index is 12.4. The number of rotatable bonds is 6. The van der Waals surface area contributed by atoms with Crippen LogP contribution in [0.25, 0.3) is 0 Å². The van der Waals surface area contributed by atoms with Crippen LogP contribution in [0.2, 0.25) is 0 Å². The minimum Gasteiger partial charge on any atom is -0.497 e. The third-order valence-corrected chi connectivity index (χ3v) is 3.89. The van der Waals surface area contributed by atoms with E-state index in [0.717, 1.165) is 11.3 Å². The highest BCUT2D eigenvalue weighted by atomic mass is 16.5. The van der Waals surface area contributed by atoms with Gasteiger partial charge >= 0.3 is 6.03 Å². The van der Waals surface area contributed by atoms with Crippen LogP contribution in [0.5, 0.6) is 17.2 Å². The Kier molecular flexibility index (Phi) is 5.75. The molecule has 2 aromatic carbocycles. The van der Waals surface area contributed by atoms with E-state index in [0.29, 0.717) is 17.2 Å². The standard InChI is InChI=1S/C19H24N2O4/c1-19(2,13-6-8-14(23-3)9-7-13)21-18(22)20-16-11-10-15(24-4)12-17(16)25-5/h6-12H,1-5H3,(H2,20,21,22). The first-order chi connectivity index (χ1) is 11.9. The molecule has 0 aliphatic rings. The van der Waals surface area contributed by atoms with E-state index >= 15 is 0 Å². The predicted molar refractivity (Wildman–Crippen MR) is 97.7 cm³/mol. The maximum Gasteiger partial charge on any atom is 0.320 e. The van der Waals surface area contributed by atoms with Gasteiger partial charge in [0.05, 0.1) is 32.6 Å². The molecule has 2 amide bonds. The number of carbonyl (C=O) groups excluding carboxylic acids is 1. The number of benzene rings is 2. The van der Waals surface area contributed by atoms with Crippen molar-refractivity contribution in [1.29, 1.82) is 0 Å². The van der Waals surface area contributed by atoms with Crippen molar-refractivity contribution < 1.29 is 19.0 Å². The van der Waals surface area contributed by atoms with Gasteiger partial charge < -0.3 is 24.8 Å². The third kappa shape index (κ3) is 4.56.